The Bertz CT molecular complexity index is 1130. The van der Waals surface area contributed by atoms with Gasteiger partial charge in [0.1, 0.15) is 10.7 Å². The third-order valence-corrected chi connectivity index (χ3v) is 6.14. The lowest BCUT2D eigenvalue weighted by Crippen LogP contribution is -2.51. The zero-order chi connectivity index (χ0) is 22.3. The topological polar surface area (TPSA) is 55.3 Å². The van der Waals surface area contributed by atoms with Crippen LogP contribution in [0.25, 0.3) is 21.5 Å². The molecule has 9 heteroatoms. The predicted molar refractivity (Wildman–Crippen MR) is 113 cm³/mol. The molecule has 1 aromatic carbocycles. The Morgan fingerprint density at radius 2 is 2.06 bits per heavy atom. The van der Waals surface area contributed by atoms with Crippen molar-refractivity contribution in [2.75, 3.05) is 13.1 Å². The molecule has 1 aliphatic heterocycles. The molecule has 0 radical (unpaired) electrons. The van der Waals surface area contributed by atoms with Crippen molar-refractivity contribution in [1.29, 1.82) is 0 Å². The fourth-order valence-corrected chi connectivity index (χ4v) is 4.61. The first-order chi connectivity index (χ1) is 14.6. The number of hydrogen-bond acceptors (Lipinski definition) is 6. The molecule has 0 spiro atoms. The highest BCUT2D eigenvalue weighted by Crippen LogP contribution is 2.33. The van der Waals surface area contributed by atoms with Crippen molar-refractivity contribution < 1.29 is 22.7 Å². The van der Waals surface area contributed by atoms with E-state index in [4.69, 9.17) is 4.74 Å². The molecule has 31 heavy (non-hydrogen) atoms. The van der Waals surface area contributed by atoms with E-state index in [0.717, 1.165) is 26.4 Å². The van der Waals surface area contributed by atoms with Crippen LogP contribution in [-0.4, -0.2) is 52.1 Å². The maximum atomic E-state index is 13.2. The van der Waals surface area contributed by atoms with Crippen molar-refractivity contribution in [3.8, 4) is 10.6 Å². The molecule has 1 aliphatic rings. The smallest absolute Gasteiger partial charge is 0.363 e. The third-order valence-electron chi connectivity index (χ3n) is 5.19. The fraction of sp³-hybridized carbons (Fsp3) is 0.409. The maximum Gasteiger partial charge on any atom is 0.415 e. The Kier molecular flexibility index (Phi) is 5.85. The first kappa shape index (κ1) is 21.9. The molecular formula is C22H22F3N3O2S. The number of nitrogens with zero attached hydrogens (tertiary/aromatic N) is 3. The first-order valence-electron chi connectivity index (χ1n) is 9.92. The standard InChI is InChI=1S/C22H22F3N3O2S/c1-12-9-28(11-20(30-12)22(23,24)25)10-15-4-5-16-17(21-26-8-13(2)31-21)7-18(14(3)29)27-19(16)6-15/h4-8,12,20H,9-11H2,1-3H3/t12-,20-/m1/s1. The molecule has 2 aromatic heterocycles. The van der Waals surface area contributed by atoms with Crippen LogP contribution in [-0.2, 0) is 11.3 Å². The van der Waals surface area contributed by atoms with Gasteiger partial charge in [0.05, 0.1) is 11.6 Å². The Labute approximate surface area is 181 Å². The molecule has 1 saturated heterocycles. The molecule has 0 unspecified atom stereocenters. The molecule has 4 rings (SSSR count). The number of fused-ring (bicyclic) bond motifs is 1. The van der Waals surface area contributed by atoms with Crippen LogP contribution in [0.15, 0.2) is 30.5 Å². The second-order valence-electron chi connectivity index (χ2n) is 7.91. The second-order valence-corrected chi connectivity index (χ2v) is 9.14. The van der Waals surface area contributed by atoms with Crippen molar-refractivity contribution in [2.24, 2.45) is 0 Å². The largest absolute Gasteiger partial charge is 0.415 e. The van der Waals surface area contributed by atoms with Crippen molar-refractivity contribution >= 4 is 28.0 Å². The number of pyridine rings is 1. The number of alkyl halides is 3. The summed E-state index contributed by atoms with van der Waals surface area (Å²) in [6.45, 7) is 5.61. The van der Waals surface area contributed by atoms with E-state index in [9.17, 15) is 18.0 Å². The Morgan fingerprint density at radius 1 is 1.29 bits per heavy atom. The SMILES string of the molecule is CC(=O)c1cc(-c2ncc(C)s2)c2ccc(CN3C[C@@H](C)O[C@@H](C(F)(F)F)C3)cc2n1. The number of aromatic nitrogens is 2. The molecule has 0 amide bonds. The van der Waals surface area contributed by atoms with Crippen LogP contribution in [0.3, 0.4) is 0 Å². The minimum absolute atomic E-state index is 0.156. The summed E-state index contributed by atoms with van der Waals surface area (Å²) >= 11 is 1.53. The van der Waals surface area contributed by atoms with Gasteiger partial charge in [0.25, 0.3) is 0 Å². The molecule has 3 heterocycles. The minimum atomic E-state index is -4.39. The highest BCUT2D eigenvalue weighted by Gasteiger charge is 2.44. The van der Waals surface area contributed by atoms with Crippen molar-refractivity contribution in [1.82, 2.24) is 14.9 Å². The highest BCUT2D eigenvalue weighted by molar-refractivity contribution is 7.15. The Hall–Kier alpha value is -2.36. The number of aryl methyl sites for hydroxylation is 1. The first-order valence-corrected chi connectivity index (χ1v) is 10.7. The Morgan fingerprint density at radius 3 is 2.71 bits per heavy atom. The van der Waals surface area contributed by atoms with Crippen LogP contribution in [0.1, 0.15) is 34.8 Å². The van der Waals surface area contributed by atoms with Crippen molar-refractivity contribution in [3.63, 3.8) is 0 Å². The summed E-state index contributed by atoms with van der Waals surface area (Å²) in [5, 5.41) is 1.65. The number of thiazole rings is 1. The van der Waals surface area contributed by atoms with E-state index in [2.05, 4.69) is 9.97 Å². The van der Waals surface area contributed by atoms with Gasteiger partial charge in [-0.1, -0.05) is 12.1 Å². The highest BCUT2D eigenvalue weighted by atomic mass is 32.1. The van der Waals surface area contributed by atoms with Gasteiger partial charge >= 0.3 is 6.18 Å². The van der Waals surface area contributed by atoms with E-state index in [1.165, 1.54) is 18.3 Å². The predicted octanol–water partition coefficient (Wildman–Crippen LogP) is 5.02. The minimum Gasteiger partial charge on any atom is -0.363 e. The zero-order valence-corrected chi connectivity index (χ0v) is 18.2. The monoisotopic (exact) mass is 449 g/mol. The van der Waals surface area contributed by atoms with Gasteiger partial charge in [-0.15, -0.1) is 11.3 Å². The molecule has 1 fully saturated rings. The number of morpholine rings is 1. The number of benzene rings is 1. The van der Waals surface area contributed by atoms with E-state index in [0.29, 0.717) is 24.3 Å². The van der Waals surface area contributed by atoms with Crippen LogP contribution in [0.5, 0.6) is 0 Å². The van der Waals surface area contributed by atoms with Gasteiger partial charge in [0.15, 0.2) is 11.9 Å². The number of rotatable bonds is 4. The van der Waals surface area contributed by atoms with E-state index < -0.39 is 18.4 Å². The molecule has 0 aliphatic carbocycles. The lowest BCUT2D eigenvalue weighted by atomic mass is 10.0. The number of carbonyl (C=O) groups excluding carboxylic acids is 1. The average Bonchev–Trinajstić information content (AvgIpc) is 3.12. The molecule has 5 nitrogen and oxygen atoms in total. The summed E-state index contributed by atoms with van der Waals surface area (Å²) in [6.07, 6.45) is -4.92. The summed E-state index contributed by atoms with van der Waals surface area (Å²) in [5.74, 6) is -0.156. The summed E-state index contributed by atoms with van der Waals surface area (Å²) in [4.78, 5) is 23.8. The fourth-order valence-electron chi connectivity index (χ4n) is 3.82. The number of halogens is 3. The lowest BCUT2D eigenvalue weighted by molar-refractivity contribution is -0.252. The molecule has 0 saturated carbocycles. The average molecular weight is 449 g/mol. The van der Waals surface area contributed by atoms with Gasteiger partial charge in [-0.25, -0.2) is 9.97 Å². The maximum absolute atomic E-state index is 13.2. The number of hydrogen-bond donors (Lipinski definition) is 0. The molecule has 0 bridgehead atoms. The molecule has 164 valence electrons. The van der Waals surface area contributed by atoms with Gasteiger partial charge in [0.2, 0.25) is 0 Å². The molecule has 2 atom stereocenters. The number of carbonyl (C=O) groups is 1. The van der Waals surface area contributed by atoms with E-state index in [-0.39, 0.29) is 12.3 Å². The summed E-state index contributed by atoms with van der Waals surface area (Å²) < 4.78 is 44.6. The number of ketones is 1. The van der Waals surface area contributed by atoms with Crippen molar-refractivity contribution in [2.45, 2.75) is 45.7 Å². The van der Waals surface area contributed by atoms with Crippen LogP contribution < -0.4 is 0 Å². The van der Waals surface area contributed by atoms with E-state index in [1.807, 2.05) is 25.1 Å². The van der Waals surface area contributed by atoms with E-state index in [1.54, 1.807) is 24.1 Å². The van der Waals surface area contributed by atoms with Gasteiger partial charge in [-0.3, -0.25) is 9.69 Å². The molecule has 3 aromatic rings. The van der Waals surface area contributed by atoms with Crippen molar-refractivity contribution in [3.05, 3.63) is 46.6 Å². The normalized spacial score (nSPS) is 20.3. The molecule has 0 N–H and O–H groups in total. The van der Waals surface area contributed by atoms with Gasteiger partial charge in [-0.2, -0.15) is 13.2 Å². The zero-order valence-electron chi connectivity index (χ0n) is 17.4. The Balaban J connectivity index is 1.68. The van der Waals surface area contributed by atoms with Crippen LogP contribution in [0.4, 0.5) is 13.2 Å². The summed E-state index contributed by atoms with van der Waals surface area (Å²) in [7, 11) is 0. The number of Topliss-reactive ketones (excluding diaryl/α,β-unsaturated/α-hetero) is 1. The van der Waals surface area contributed by atoms with Crippen LogP contribution >= 0.6 is 11.3 Å². The van der Waals surface area contributed by atoms with Gasteiger partial charge in [-0.05, 0) is 31.5 Å². The van der Waals surface area contributed by atoms with Gasteiger partial charge < -0.3 is 4.74 Å². The molecular weight excluding hydrogens is 427 g/mol. The summed E-state index contributed by atoms with van der Waals surface area (Å²) in [5.41, 5.74) is 2.63. The van der Waals surface area contributed by atoms with Crippen LogP contribution in [0, 0.1) is 6.92 Å². The second kappa shape index (κ2) is 8.29. The van der Waals surface area contributed by atoms with E-state index >= 15 is 0 Å². The number of ether oxygens (including phenoxy) is 1. The third kappa shape index (κ3) is 4.78. The van der Waals surface area contributed by atoms with Crippen LogP contribution in [0.2, 0.25) is 0 Å². The van der Waals surface area contributed by atoms with Gasteiger partial charge in [0, 0.05) is 48.6 Å². The lowest BCUT2D eigenvalue weighted by Gasteiger charge is -2.37. The summed E-state index contributed by atoms with van der Waals surface area (Å²) in [6, 6.07) is 7.39. The quantitative estimate of drug-likeness (QED) is 0.524.